The molecule has 33 heavy (non-hydrogen) atoms. The van der Waals surface area contributed by atoms with E-state index in [9.17, 15) is 4.79 Å². The third-order valence-electron chi connectivity index (χ3n) is 7.40. The minimum atomic E-state index is -0.260. The van der Waals surface area contributed by atoms with Crippen LogP contribution in [-0.4, -0.2) is 45.4 Å². The number of hydrogen-bond acceptors (Lipinski definition) is 5. The van der Waals surface area contributed by atoms with Crippen molar-refractivity contribution < 1.29 is 4.79 Å². The van der Waals surface area contributed by atoms with E-state index < -0.39 is 0 Å². The fraction of sp³-hybridized carbons (Fsp3) is 0.333. The zero-order valence-corrected chi connectivity index (χ0v) is 18.7. The van der Waals surface area contributed by atoms with Crippen molar-refractivity contribution in [2.45, 2.75) is 32.2 Å². The van der Waals surface area contributed by atoms with Crippen LogP contribution < -0.4 is 4.90 Å². The highest BCUT2D eigenvalue weighted by atomic mass is 16.2. The number of aromatic nitrogens is 3. The molecule has 6 rings (SSSR count). The van der Waals surface area contributed by atoms with Crippen LogP contribution in [0.4, 0.5) is 5.82 Å². The Hall–Kier alpha value is -3.54. The Kier molecular flexibility index (Phi) is 4.93. The summed E-state index contributed by atoms with van der Waals surface area (Å²) in [5.41, 5.74) is 2.55. The molecule has 4 heterocycles. The predicted molar refractivity (Wildman–Crippen MR) is 130 cm³/mol. The summed E-state index contributed by atoms with van der Waals surface area (Å²) in [5.74, 6) is 1.20. The summed E-state index contributed by atoms with van der Waals surface area (Å²) < 4.78 is 0. The van der Waals surface area contributed by atoms with Crippen LogP contribution in [0.15, 0.2) is 67.0 Å². The van der Waals surface area contributed by atoms with Gasteiger partial charge in [-0.3, -0.25) is 14.8 Å². The van der Waals surface area contributed by atoms with Gasteiger partial charge in [0.1, 0.15) is 5.82 Å². The van der Waals surface area contributed by atoms with E-state index in [4.69, 9.17) is 4.98 Å². The second-order valence-corrected chi connectivity index (χ2v) is 9.29. The standard InChI is InChI=1S/C27H27N5O/c33-26-27(11-5-15-32(26)19-24-21-7-2-1-6-20(21)10-14-28-24)12-16-31(17-13-27)25-18-29-22-8-3-4-9-23(22)30-25/h1-4,6-10,14,18H,5,11-13,15-17,19H2. The second kappa shape index (κ2) is 8.10. The first-order chi connectivity index (χ1) is 16.2. The highest BCUT2D eigenvalue weighted by Crippen LogP contribution is 2.42. The maximum absolute atomic E-state index is 13.7. The fourth-order valence-electron chi connectivity index (χ4n) is 5.52. The highest BCUT2D eigenvalue weighted by Gasteiger charge is 2.45. The largest absolute Gasteiger partial charge is 0.355 e. The van der Waals surface area contributed by atoms with Gasteiger partial charge in [-0.1, -0.05) is 36.4 Å². The first kappa shape index (κ1) is 20.1. The Morgan fingerprint density at radius 2 is 1.64 bits per heavy atom. The molecule has 0 aliphatic carbocycles. The van der Waals surface area contributed by atoms with Gasteiger partial charge in [-0.2, -0.15) is 0 Å². The Morgan fingerprint density at radius 1 is 0.848 bits per heavy atom. The maximum atomic E-state index is 13.7. The summed E-state index contributed by atoms with van der Waals surface area (Å²) in [6, 6.07) is 18.3. The van der Waals surface area contributed by atoms with Gasteiger partial charge in [0.2, 0.25) is 5.91 Å². The molecule has 1 spiro atoms. The van der Waals surface area contributed by atoms with Crippen molar-refractivity contribution in [2.75, 3.05) is 24.5 Å². The molecule has 0 bridgehead atoms. The number of carbonyl (C=O) groups excluding carboxylic acids is 1. The molecule has 0 saturated carbocycles. The molecule has 2 saturated heterocycles. The van der Waals surface area contributed by atoms with Crippen molar-refractivity contribution in [1.29, 1.82) is 0 Å². The molecule has 0 atom stereocenters. The van der Waals surface area contributed by atoms with Crippen LogP contribution in [0.5, 0.6) is 0 Å². The summed E-state index contributed by atoms with van der Waals surface area (Å²) in [4.78, 5) is 32.1. The summed E-state index contributed by atoms with van der Waals surface area (Å²) >= 11 is 0. The smallest absolute Gasteiger partial charge is 0.229 e. The SMILES string of the molecule is O=C1N(Cc2nccc3ccccc23)CCCC12CCN(c1cnc3ccccc3n1)CC2. The summed E-state index contributed by atoms with van der Waals surface area (Å²) in [6.45, 7) is 3.06. The van der Waals surface area contributed by atoms with Crippen molar-refractivity contribution >= 4 is 33.5 Å². The van der Waals surface area contributed by atoms with Crippen molar-refractivity contribution in [3.05, 3.63) is 72.7 Å². The van der Waals surface area contributed by atoms with Crippen LogP contribution >= 0.6 is 0 Å². The topological polar surface area (TPSA) is 62.2 Å². The van der Waals surface area contributed by atoms with Gasteiger partial charge in [0.05, 0.1) is 34.9 Å². The third-order valence-corrected chi connectivity index (χ3v) is 7.40. The minimum absolute atomic E-state index is 0.260. The second-order valence-electron chi connectivity index (χ2n) is 9.29. The molecule has 2 aromatic heterocycles. The lowest BCUT2D eigenvalue weighted by molar-refractivity contribution is -0.148. The van der Waals surface area contributed by atoms with Gasteiger partial charge in [0, 0.05) is 31.2 Å². The van der Waals surface area contributed by atoms with Gasteiger partial charge in [0.15, 0.2) is 0 Å². The van der Waals surface area contributed by atoms with E-state index in [1.165, 1.54) is 5.39 Å². The van der Waals surface area contributed by atoms with E-state index in [1.54, 1.807) is 0 Å². The zero-order chi connectivity index (χ0) is 22.3. The maximum Gasteiger partial charge on any atom is 0.229 e. The number of likely N-dealkylation sites (tertiary alicyclic amines) is 1. The van der Waals surface area contributed by atoms with E-state index in [0.29, 0.717) is 12.5 Å². The van der Waals surface area contributed by atoms with E-state index in [2.05, 4.69) is 27.0 Å². The van der Waals surface area contributed by atoms with Crippen molar-refractivity contribution in [3.8, 4) is 0 Å². The van der Waals surface area contributed by atoms with Crippen LogP contribution in [-0.2, 0) is 11.3 Å². The number of piperidine rings is 2. The molecule has 2 aliphatic heterocycles. The molecule has 0 radical (unpaired) electrons. The lowest BCUT2D eigenvalue weighted by atomic mass is 9.71. The molecule has 6 heteroatoms. The molecule has 2 aromatic carbocycles. The van der Waals surface area contributed by atoms with Crippen molar-refractivity contribution in [1.82, 2.24) is 19.9 Å². The van der Waals surface area contributed by atoms with Gasteiger partial charge in [-0.15, -0.1) is 0 Å². The van der Waals surface area contributed by atoms with Gasteiger partial charge in [-0.05, 0) is 49.3 Å². The summed E-state index contributed by atoms with van der Waals surface area (Å²) in [5, 5.41) is 2.31. The molecular formula is C27H27N5O. The summed E-state index contributed by atoms with van der Waals surface area (Å²) in [7, 11) is 0. The lowest BCUT2D eigenvalue weighted by Crippen LogP contribution is -2.53. The number of nitrogens with zero attached hydrogens (tertiary/aromatic N) is 5. The number of para-hydroxylation sites is 2. The quantitative estimate of drug-likeness (QED) is 0.469. The van der Waals surface area contributed by atoms with Gasteiger partial charge in [0.25, 0.3) is 0 Å². The van der Waals surface area contributed by atoms with Crippen LogP contribution in [0.2, 0.25) is 0 Å². The molecule has 6 nitrogen and oxygen atoms in total. The third kappa shape index (κ3) is 3.59. The average molecular weight is 438 g/mol. The number of hydrogen-bond donors (Lipinski definition) is 0. The average Bonchev–Trinajstić information content (AvgIpc) is 2.87. The number of amides is 1. The number of carbonyl (C=O) groups is 1. The first-order valence-electron chi connectivity index (χ1n) is 11.8. The van der Waals surface area contributed by atoms with Crippen LogP contribution in [0.25, 0.3) is 21.8 Å². The Bertz CT molecular complexity index is 1320. The number of fused-ring (bicyclic) bond motifs is 2. The molecular weight excluding hydrogens is 410 g/mol. The molecule has 4 aromatic rings. The molecule has 0 N–H and O–H groups in total. The minimum Gasteiger partial charge on any atom is -0.355 e. The van der Waals surface area contributed by atoms with Crippen LogP contribution in [0.3, 0.4) is 0 Å². The molecule has 2 fully saturated rings. The van der Waals surface area contributed by atoms with Gasteiger partial charge < -0.3 is 9.80 Å². The number of pyridine rings is 1. The first-order valence-corrected chi connectivity index (χ1v) is 11.8. The number of benzene rings is 2. The van der Waals surface area contributed by atoms with E-state index in [0.717, 1.165) is 73.2 Å². The van der Waals surface area contributed by atoms with Gasteiger partial charge in [-0.25, -0.2) is 4.98 Å². The highest BCUT2D eigenvalue weighted by molar-refractivity contribution is 5.86. The molecule has 166 valence electrons. The van der Waals surface area contributed by atoms with Gasteiger partial charge >= 0.3 is 0 Å². The lowest BCUT2D eigenvalue weighted by Gasteiger charge is -2.46. The van der Waals surface area contributed by atoms with Crippen molar-refractivity contribution in [2.24, 2.45) is 5.41 Å². The number of rotatable bonds is 3. The monoisotopic (exact) mass is 437 g/mol. The molecule has 1 amide bonds. The number of anilines is 1. The molecule has 2 aliphatic rings. The van der Waals surface area contributed by atoms with Crippen LogP contribution in [0, 0.1) is 5.41 Å². The Balaban J connectivity index is 1.19. The Morgan fingerprint density at radius 3 is 2.52 bits per heavy atom. The van der Waals surface area contributed by atoms with E-state index in [1.807, 2.05) is 59.8 Å². The normalized spacial score (nSPS) is 18.4. The summed E-state index contributed by atoms with van der Waals surface area (Å²) in [6.07, 6.45) is 7.46. The van der Waals surface area contributed by atoms with E-state index >= 15 is 0 Å². The van der Waals surface area contributed by atoms with E-state index in [-0.39, 0.29) is 5.41 Å². The zero-order valence-electron chi connectivity index (χ0n) is 18.7. The van der Waals surface area contributed by atoms with Crippen molar-refractivity contribution in [3.63, 3.8) is 0 Å². The predicted octanol–water partition coefficient (Wildman–Crippen LogP) is 4.59. The van der Waals surface area contributed by atoms with Crippen LogP contribution in [0.1, 0.15) is 31.4 Å². The molecule has 0 unspecified atom stereocenters. The Labute approximate surface area is 193 Å². The fourth-order valence-corrected chi connectivity index (χ4v) is 5.52.